The molecular formula is C13H16N2O4. The Morgan fingerprint density at radius 3 is 2.26 bits per heavy atom. The minimum Gasteiger partial charge on any atom is -0.481 e. The highest BCUT2D eigenvalue weighted by atomic mass is 16.4. The fraction of sp³-hybridized carbons (Fsp3) is 0.308. The molecule has 0 heterocycles. The highest BCUT2D eigenvalue weighted by Gasteiger charge is 2.22. The average molecular weight is 264 g/mol. The van der Waals surface area contributed by atoms with Crippen LogP contribution in [-0.2, 0) is 14.4 Å². The minimum absolute atomic E-state index is 0.453. The summed E-state index contributed by atoms with van der Waals surface area (Å²) >= 11 is 0. The molecule has 0 spiro atoms. The number of nitrogens with one attached hydrogen (secondary N) is 2. The van der Waals surface area contributed by atoms with Crippen molar-refractivity contribution >= 4 is 23.5 Å². The number of anilines is 1. The van der Waals surface area contributed by atoms with Crippen LogP contribution in [0.3, 0.4) is 0 Å². The molecule has 102 valence electrons. The van der Waals surface area contributed by atoms with Crippen LogP contribution in [0.2, 0.25) is 0 Å². The first-order chi connectivity index (χ1) is 8.88. The molecule has 0 unspecified atom stereocenters. The molecule has 6 heteroatoms. The molecule has 0 aliphatic carbocycles. The quantitative estimate of drug-likeness (QED) is 0.736. The van der Waals surface area contributed by atoms with E-state index in [1.807, 2.05) is 19.1 Å². The SMILES string of the molecule is CC(=O)N[C@H](CC(=O)O)C(=O)Nc1ccc(C)cc1. The normalized spacial score (nSPS) is 11.5. The average Bonchev–Trinajstić information content (AvgIpc) is 2.30. The predicted molar refractivity (Wildman–Crippen MR) is 69.7 cm³/mol. The molecule has 1 aromatic rings. The van der Waals surface area contributed by atoms with E-state index in [0.717, 1.165) is 5.56 Å². The Morgan fingerprint density at radius 1 is 1.21 bits per heavy atom. The molecule has 2 amide bonds. The lowest BCUT2D eigenvalue weighted by Gasteiger charge is -2.15. The summed E-state index contributed by atoms with van der Waals surface area (Å²) in [6, 6.07) is 5.97. The number of benzene rings is 1. The van der Waals surface area contributed by atoms with Gasteiger partial charge in [-0.3, -0.25) is 14.4 Å². The summed E-state index contributed by atoms with van der Waals surface area (Å²) in [5, 5.41) is 13.6. The van der Waals surface area contributed by atoms with Gasteiger partial charge in [0.1, 0.15) is 6.04 Å². The van der Waals surface area contributed by atoms with Crippen LogP contribution in [0.15, 0.2) is 24.3 Å². The maximum Gasteiger partial charge on any atom is 0.305 e. The summed E-state index contributed by atoms with van der Waals surface area (Å²) in [5.74, 6) is -2.16. The van der Waals surface area contributed by atoms with Crippen LogP contribution in [0.1, 0.15) is 18.9 Å². The summed E-state index contributed by atoms with van der Waals surface area (Å²) in [5.41, 5.74) is 1.60. The largest absolute Gasteiger partial charge is 0.481 e. The number of hydrogen-bond acceptors (Lipinski definition) is 3. The van der Waals surface area contributed by atoms with Gasteiger partial charge < -0.3 is 15.7 Å². The van der Waals surface area contributed by atoms with Crippen molar-refractivity contribution in [2.45, 2.75) is 26.3 Å². The second-order valence-electron chi connectivity index (χ2n) is 4.21. The van der Waals surface area contributed by atoms with Gasteiger partial charge in [-0.05, 0) is 19.1 Å². The van der Waals surface area contributed by atoms with Gasteiger partial charge in [0.25, 0.3) is 0 Å². The topological polar surface area (TPSA) is 95.5 Å². The molecule has 0 aliphatic rings. The van der Waals surface area contributed by atoms with E-state index < -0.39 is 30.2 Å². The standard InChI is InChI=1S/C13H16N2O4/c1-8-3-5-10(6-4-8)15-13(19)11(7-12(17)18)14-9(2)16/h3-6,11H,7H2,1-2H3,(H,14,16)(H,15,19)(H,17,18)/t11-/m1/s1. The third-order valence-corrected chi connectivity index (χ3v) is 2.39. The summed E-state index contributed by atoms with van der Waals surface area (Å²) < 4.78 is 0. The van der Waals surface area contributed by atoms with E-state index in [1.54, 1.807) is 12.1 Å². The first-order valence-corrected chi connectivity index (χ1v) is 5.75. The van der Waals surface area contributed by atoms with Gasteiger partial charge in [-0.2, -0.15) is 0 Å². The minimum atomic E-state index is -1.15. The highest BCUT2D eigenvalue weighted by molar-refractivity contribution is 5.98. The van der Waals surface area contributed by atoms with E-state index in [0.29, 0.717) is 5.69 Å². The number of rotatable bonds is 5. The van der Waals surface area contributed by atoms with Gasteiger partial charge in [0, 0.05) is 12.6 Å². The second kappa shape index (κ2) is 6.53. The molecule has 0 aromatic heterocycles. The third-order valence-electron chi connectivity index (χ3n) is 2.39. The Morgan fingerprint density at radius 2 is 1.79 bits per heavy atom. The van der Waals surface area contributed by atoms with Crippen LogP contribution < -0.4 is 10.6 Å². The maximum atomic E-state index is 11.9. The molecule has 0 fully saturated rings. The van der Waals surface area contributed by atoms with Crippen molar-refractivity contribution < 1.29 is 19.5 Å². The first-order valence-electron chi connectivity index (χ1n) is 5.75. The number of hydrogen-bond donors (Lipinski definition) is 3. The Balaban J connectivity index is 2.73. The zero-order valence-electron chi connectivity index (χ0n) is 10.8. The molecule has 0 bridgehead atoms. The van der Waals surface area contributed by atoms with E-state index in [1.165, 1.54) is 6.92 Å². The Kier molecular flexibility index (Phi) is 5.05. The Labute approximate surface area is 110 Å². The van der Waals surface area contributed by atoms with Crippen LogP contribution in [0, 0.1) is 6.92 Å². The number of carbonyl (C=O) groups excluding carboxylic acids is 2. The zero-order chi connectivity index (χ0) is 14.4. The van der Waals surface area contributed by atoms with Gasteiger partial charge in [0.15, 0.2) is 0 Å². The van der Waals surface area contributed by atoms with Gasteiger partial charge in [-0.15, -0.1) is 0 Å². The van der Waals surface area contributed by atoms with Crippen LogP contribution in [0.5, 0.6) is 0 Å². The van der Waals surface area contributed by atoms with Crippen molar-refractivity contribution in [3.8, 4) is 0 Å². The number of amides is 2. The monoisotopic (exact) mass is 264 g/mol. The number of carboxylic acids is 1. The van der Waals surface area contributed by atoms with Gasteiger partial charge in [-0.25, -0.2) is 0 Å². The molecule has 0 radical (unpaired) electrons. The number of carboxylic acid groups (broad SMARTS) is 1. The van der Waals surface area contributed by atoms with Crippen LogP contribution >= 0.6 is 0 Å². The number of aryl methyl sites for hydroxylation is 1. The maximum absolute atomic E-state index is 11.9. The van der Waals surface area contributed by atoms with E-state index in [2.05, 4.69) is 10.6 Å². The third kappa shape index (κ3) is 5.20. The van der Waals surface area contributed by atoms with Crippen molar-refractivity contribution in [1.29, 1.82) is 0 Å². The van der Waals surface area contributed by atoms with Crippen LogP contribution in [-0.4, -0.2) is 28.9 Å². The van der Waals surface area contributed by atoms with Crippen molar-refractivity contribution in [2.75, 3.05) is 5.32 Å². The van der Waals surface area contributed by atoms with Gasteiger partial charge in [-0.1, -0.05) is 17.7 Å². The molecule has 3 N–H and O–H groups in total. The molecule has 0 saturated carbocycles. The first kappa shape index (κ1) is 14.7. The van der Waals surface area contributed by atoms with E-state index in [9.17, 15) is 14.4 Å². The van der Waals surface area contributed by atoms with E-state index in [-0.39, 0.29) is 0 Å². The number of carbonyl (C=O) groups is 3. The summed E-state index contributed by atoms with van der Waals surface area (Å²) in [6.45, 7) is 3.14. The smallest absolute Gasteiger partial charge is 0.305 e. The Bertz CT molecular complexity index is 466. The molecule has 0 aliphatic heterocycles. The van der Waals surface area contributed by atoms with Gasteiger partial charge in [0.2, 0.25) is 11.8 Å². The lowest BCUT2D eigenvalue weighted by molar-refractivity contribution is -0.139. The van der Waals surface area contributed by atoms with Crippen LogP contribution in [0.25, 0.3) is 0 Å². The van der Waals surface area contributed by atoms with Crippen LogP contribution in [0.4, 0.5) is 5.69 Å². The van der Waals surface area contributed by atoms with Gasteiger partial charge in [0.05, 0.1) is 6.42 Å². The second-order valence-corrected chi connectivity index (χ2v) is 4.21. The van der Waals surface area contributed by atoms with Crippen molar-refractivity contribution in [1.82, 2.24) is 5.32 Å². The fourth-order valence-corrected chi connectivity index (χ4v) is 1.50. The summed E-state index contributed by atoms with van der Waals surface area (Å²) in [4.78, 5) is 33.5. The molecular weight excluding hydrogens is 248 g/mol. The molecule has 6 nitrogen and oxygen atoms in total. The van der Waals surface area contributed by atoms with Crippen molar-refractivity contribution in [3.63, 3.8) is 0 Å². The summed E-state index contributed by atoms with van der Waals surface area (Å²) in [6.07, 6.45) is -0.461. The molecule has 1 atom stereocenters. The van der Waals surface area contributed by atoms with E-state index >= 15 is 0 Å². The molecule has 19 heavy (non-hydrogen) atoms. The molecule has 1 aromatic carbocycles. The fourth-order valence-electron chi connectivity index (χ4n) is 1.50. The highest BCUT2D eigenvalue weighted by Crippen LogP contribution is 2.09. The lowest BCUT2D eigenvalue weighted by Crippen LogP contribution is -2.44. The van der Waals surface area contributed by atoms with Crippen molar-refractivity contribution in [3.05, 3.63) is 29.8 Å². The zero-order valence-corrected chi connectivity index (χ0v) is 10.8. The Hall–Kier alpha value is -2.37. The molecule has 1 rings (SSSR count). The lowest BCUT2D eigenvalue weighted by atomic mass is 10.1. The summed E-state index contributed by atoms with van der Waals surface area (Å²) in [7, 11) is 0. The molecule has 0 saturated heterocycles. The van der Waals surface area contributed by atoms with E-state index in [4.69, 9.17) is 5.11 Å². The number of aliphatic carboxylic acids is 1. The van der Waals surface area contributed by atoms with Crippen molar-refractivity contribution in [2.24, 2.45) is 0 Å². The van der Waals surface area contributed by atoms with Gasteiger partial charge >= 0.3 is 5.97 Å². The predicted octanol–water partition coefficient (Wildman–Crippen LogP) is 0.913.